The van der Waals surface area contributed by atoms with E-state index in [1.807, 2.05) is 39.8 Å². The van der Waals surface area contributed by atoms with Gasteiger partial charge in [-0.1, -0.05) is 24.3 Å². The molecule has 2 aromatic heterocycles. The molecule has 0 spiro atoms. The molecule has 2 aliphatic heterocycles. The number of aliphatic carboxylic acids is 2. The van der Waals surface area contributed by atoms with E-state index in [-0.39, 0.29) is 23.9 Å². The van der Waals surface area contributed by atoms with Gasteiger partial charge in [0, 0.05) is 60.0 Å². The zero-order chi connectivity index (χ0) is 21.7. The van der Waals surface area contributed by atoms with E-state index in [2.05, 4.69) is 0 Å². The number of likely N-dealkylation sites (tertiary alicyclic amines) is 1. The van der Waals surface area contributed by atoms with E-state index >= 15 is 0 Å². The van der Waals surface area contributed by atoms with Crippen molar-refractivity contribution in [1.29, 1.82) is 0 Å². The van der Waals surface area contributed by atoms with Crippen LogP contribution in [0.3, 0.4) is 0 Å². The Morgan fingerprint density at radius 2 is 1.84 bits per heavy atom. The van der Waals surface area contributed by atoms with Crippen LogP contribution in [0.25, 0.3) is 10.9 Å². The van der Waals surface area contributed by atoms with Crippen LogP contribution in [-0.2, 0) is 22.7 Å². The van der Waals surface area contributed by atoms with Crippen molar-refractivity contribution >= 4 is 22.8 Å². The molecule has 2 N–H and O–H groups in total. The highest BCUT2D eigenvalue weighted by molar-refractivity contribution is 5.90. The van der Waals surface area contributed by atoms with Crippen LogP contribution in [0.2, 0.25) is 0 Å². The average molecular weight is 421 g/mol. The molecule has 1 fully saturated rings. The number of piperidine rings is 1. The molecule has 8 heteroatoms. The predicted molar refractivity (Wildman–Crippen MR) is 113 cm³/mol. The van der Waals surface area contributed by atoms with Gasteiger partial charge in [-0.05, 0) is 24.5 Å². The maximum absolute atomic E-state index is 12.5. The molecule has 5 rings (SSSR count). The number of rotatable bonds is 5. The maximum atomic E-state index is 12.5. The van der Waals surface area contributed by atoms with Crippen molar-refractivity contribution in [2.24, 2.45) is 5.92 Å². The number of carboxylic acid groups (broad SMARTS) is 2. The number of carboxylic acids is 2. The maximum Gasteiger partial charge on any atom is 0.325 e. The minimum absolute atomic E-state index is 0.00724. The summed E-state index contributed by atoms with van der Waals surface area (Å²) < 4.78 is 3.42. The molecule has 2 aliphatic rings. The molecule has 2 bridgehead atoms. The molecule has 4 heterocycles. The van der Waals surface area contributed by atoms with Gasteiger partial charge < -0.3 is 19.3 Å². The third-order valence-electron chi connectivity index (χ3n) is 6.53. The Hall–Kier alpha value is -3.39. The van der Waals surface area contributed by atoms with Crippen molar-refractivity contribution in [3.63, 3.8) is 0 Å². The summed E-state index contributed by atoms with van der Waals surface area (Å²) in [7, 11) is 0. The molecule has 0 amide bonds. The fourth-order valence-corrected chi connectivity index (χ4v) is 5.40. The number of para-hydroxylation sites is 1. The lowest BCUT2D eigenvalue weighted by atomic mass is 9.82. The van der Waals surface area contributed by atoms with Gasteiger partial charge >= 0.3 is 11.9 Å². The lowest BCUT2D eigenvalue weighted by Gasteiger charge is -2.44. The Balaban J connectivity index is 1.56. The van der Waals surface area contributed by atoms with Gasteiger partial charge in [0.25, 0.3) is 5.56 Å². The second kappa shape index (κ2) is 7.39. The molecule has 8 nitrogen and oxygen atoms in total. The van der Waals surface area contributed by atoms with Crippen molar-refractivity contribution in [3.05, 3.63) is 70.3 Å². The Bertz CT molecular complexity index is 1240. The van der Waals surface area contributed by atoms with Crippen LogP contribution in [0.4, 0.5) is 0 Å². The number of aromatic nitrogens is 2. The Kier molecular flexibility index (Phi) is 4.66. The third-order valence-corrected chi connectivity index (χ3v) is 6.53. The number of hydrogen-bond acceptors (Lipinski definition) is 4. The molecule has 1 saturated heterocycles. The summed E-state index contributed by atoms with van der Waals surface area (Å²) in [5.41, 5.74) is 2.27. The van der Waals surface area contributed by atoms with Gasteiger partial charge in [0.1, 0.15) is 12.6 Å². The highest BCUT2D eigenvalue weighted by atomic mass is 16.4. The monoisotopic (exact) mass is 421 g/mol. The largest absolute Gasteiger partial charge is 0.480 e. The summed E-state index contributed by atoms with van der Waals surface area (Å²) in [6.45, 7) is 1.48. The second-order valence-electron chi connectivity index (χ2n) is 8.52. The number of nitrogens with zero attached hydrogens (tertiary/aromatic N) is 3. The lowest BCUT2D eigenvalue weighted by Crippen LogP contribution is -2.49. The van der Waals surface area contributed by atoms with Gasteiger partial charge in [-0.25, -0.2) is 0 Å². The molecule has 3 aromatic rings. The van der Waals surface area contributed by atoms with Crippen molar-refractivity contribution < 1.29 is 19.8 Å². The first-order valence-electron chi connectivity index (χ1n) is 10.4. The van der Waals surface area contributed by atoms with Crippen LogP contribution in [0.15, 0.2) is 53.5 Å². The third kappa shape index (κ3) is 3.33. The second-order valence-corrected chi connectivity index (χ2v) is 8.52. The average Bonchev–Trinajstić information content (AvgIpc) is 3.06. The summed E-state index contributed by atoms with van der Waals surface area (Å²) in [4.78, 5) is 38.1. The molecule has 1 unspecified atom stereocenters. The van der Waals surface area contributed by atoms with Crippen LogP contribution in [0.5, 0.6) is 0 Å². The summed E-state index contributed by atoms with van der Waals surface area (Å²) in [6, 6.07) is 11.7. The minimum Gasteiger partial charge on any atom is -0.480 e. The van der Waals surface area contributed by atoms with Crippen molar-refractivity contribution in [2.45, 2.75) is 31.5 Å². The molecule has 0 aliphatic carbocycles. The van der Waals surface area contributed by atoms with E-state index in [4.69, 9.17) is 0 Å². The Morgan fingerprint density at radius 3 is 2.61 bits per heavy atom. The van der Waals surface area contributed by atoms with Crippen molar-refractivity contribution in [3.8, 4) is 0 Å². The topological polar surface area (TPSA) is 105 Å². The molecular weight excluding hydrogens is 398 g/mol. The van der Waals surface area contributed by atoms with Gasteiger partial charge in [-0.3, -0.25) is 19.3 Å². The van der Waals surface area contributed by atoms with Gasteiger partial charge in [-0.2, -0.15) is 0 Å². The SMILES string of the molecule is O=C(O)Cn1cc(C(C(=O)O)N2C[C@@H]3C[C@@H](C2)c2cccc(=O)n2C3)c2ccccc21. The molecule has 3 atom stereocenters. The molecule has 160 valence electrons. The molecule has 31 heavy (non-hydrogen) atoms. The fourth-order valence-electron chi connectivity index (χ4n) is 5.40. The normalized spacial score (nSPS) is 21.5. The van der Waals surface area contributed by atoms with E-state index in [1.54, 1.807) is 22.9 Å². The Morgan fingerprint density at radius 1 is 1.03 bits per heavy atom. The van der Waals surface area contributed by atoms with Crippen molar-refractivity contribution in [2.75, 3.05) is 13.1 Å². The van der Waals surface area contributed by atoms with Gasteiger partial charge in [-0.15, -0.1) is 0 Å². The number of hydrogen-bond donors (Lipinski definition) is 2. The van der Waals surface area contributed by atoms with Crippen LogP contribution < -0.4 is 5.56 Å². The predicted octanol–water partition coefficient (Wildman–Crippen LogP) is 2.13. The van der Waals surface area contributed by atoms with Crippen LogP contribution in [0.1, 0.15) is 29.6 Å². The Labute approximate surface area is 177 Å². The van der Waals surface area contributed by atoms with Crippen LogP contribution in [0, 0.1) is 5.92 Å². The summed E-state index contributed by atoms with van der Waals surface area (Å²) in [5.74, 6) is -1.64. The van der Waals surface area contributed by atoms with Gasteiger partial charge in [0.15, 0.2) is 0 Å². The van der Waals surface area contributed by atoms with E-state index in [1.165, 1.54) is 0 Å². The van der Waals surface area contributed by atoms with Crippen molar-refractivity contribution in [1.82, 2.24) is 14.0 Å². The number of fused-ring (bicyclic) bond motifs is 5. The van der Waals surface area contributed by atoms with E-state index in [9.17, 15) is 24.6 Å². The highest BCUT2D eigenvalue weighted by Gasteiger charge is 2.40. The molecule has 0 radical (unpaired) electrons. The van der Waals surface area contributed by atoms with Crippen LogP contribution >= 0.6 is 0 Å². The first kappa shape index (κ1) is 19.6. The minimum atomic E-state index is -0.978. The van der Waals surface area contributed by atoms with E-state index in [0.717, 1.165) is 17.5 Å². The first-order valence-corrected chi connectivity index (χ1v) is 10.4. The summed E-state index contributed by atoms with van der Waals surface area (Å²) in [6.07, 6.45) is 2.60. The van der Waals surface area contributed by atoms with Gasteiger partial charge in [0.2, 0.25) is 0 Å². The lowest BCUT2D eigenvalue weighted by molar-refractivity contribution is -0.144. The first-order chi connectivity index (χ1) is 14.9. The van der Waals surface area contributed by atoms with Crippen LogP contribution in [-0.4, -0.2) is 49.3 Å². The highest BCUT2D eigenvalue weighted by Crippen LogP contribution is 2.40. The molecule has 1 aromatic carbocycles. The summed E-state index contributed by atoms with van der Waals surface area (Å²) >= 11 is 0. The van der Waals surface area contributed by atoms with Gasteiger partial charge in [0.05, 0.1) is 0 Å². The smallest absolute Gasteiger partial charge is 0.325 e. The number of pyridine rings is 1. The van der Waals surface area contributed by atoms with E-state index in [0.29, 0.717) is 30.7 Å². The summed E-state index contributed by atoms with van der Waals surface area (Å²) in [5, 5.41) is 20.2. The number of benzene rings is 1. The quantitative estimate of drug-likeness (QED) is 0.654. The molecule has 0 saturated carbocycles. The van der Waals surface area contributed by atoms with E-state index < -0.39 is 18.0 Å². The zero-order valence-corrected chi connectivity index (χ0v) is 16.8. The number of carbonyl (C=O) groups is 2. The molecular formula is C23H23N3O5. The fraction of sp³-hybridized carbons (Fsp3) is 0.348. The zero-order valence-electron chi connectivity index (χ0n) is 16.8. The standard InChI is InChI=1S/C23H23N3O5/c27-20-7-3-6-18-15-8-14(10-26(18)20)9-25(11-15)22(23(30)31)17-12-24(13-21(28)29)19-5-2-1-4-16(17)19/h1-7,12,14-15,22H,8-11,13H2,(H,28,29)(H,30,31)/t14-,15-,22?/m0/s1.